The molecule has 2 aromatic rings. The molecule has 0 amide bonds. The van der Waals surface area contributed by atoms with Crippen LogP contribution in [-0.4, -0.2) is 31.6 Å². The van der Waals surface area contributed by atoms with Gasteiger partial charge in [-0.05, 0) is 37.3 Å². The third kappa shape index (κ3) is 2.37. The molecule has 0 bridgehead atoms. The average molecular weight is 306 g/mol. The van der Waals surface area contributed by atoms with Gasteiger partial charge in [0.25, 0.3) is 0 Å². The number of hydrogen-bond donors (Lipinski definition) is 2. The van der Waals surface area contributed by atoms with Crippen molar-refractivity contribution in [1.29, 1.82) is 0 Å². The second-order valence-electron chi connectivity index (χ2n) is 5.27. The van der Waals surface area contributed by atoms with Gasteiger partial charge in [-0.25, -0.2) is 4.79 Å². The SMILES string of the molecule is CSC1(Cn2c(=O)c(=O)[nH]c3ccc(C(=O)O)cc32)CC1. The van der Waals surface area contributed by atoms with Crippen LogP contribution in [0.25, 0.3) is 11.0 Å². The molecule has 110 valence electrons. The zero-order chi connectivity index (χ0) is 15.2. The summed E-state index contributed by atoms with van der Waals surface area (Å²) in [5.74, 6) is -1.06. The maximum absolute atomic E-state index is 12.1. The number of thioether (sulfide) groups is 1. The van der Waals surface area contributed by atoms with E-state index in [1.54, 1.807) is 11.8 Å². The van der Waals surface area contributed by atoms with Crippen molar-refractivity contribution in [1.82, 2.24) is 9.55 Å². The minimum absolute atomic E-state index is 0.0101. The maximum Gasteiger partial charge on any atom is 0.335 e. The van der Waals surface area contributed by atoms with Crippen LogP contribution in [-0.2, 0) is 6.54 Å². The fraction of sp³-hybridized carbons (Fsp3) is 0.357. The standard InChI is InChI=1S/C14H14N2O4S/c1-21-14(4-5-14)7-16-10-6-8(13(19)20)2-3-9(10)15-11(17)12(16)18/h2-3,6H,4-5,7H2,1H3,(H,15,17)(H,19,20). The van der Waals surface area contributed by atoms with Crippen molar-refractivity contribution in [3.8, 4) is 0 Å². The molecule has 0 unspecified atom stereocenters. The number of nitrogens with zero attached hydrogens (tertiary/aromatic N) is 1. The number of carbonyl (C=O) groups is 1. The van der Waals surface area contributed by atoms with Crippen molar-refractivity contribution in [2.24, 2.45) is 0 Å². The highest BCUT2D eigenvalue weighted by molar-refractivity contribution is 8.00. The van der Waals surface area contributed by atoms with Gasteiger partial charge in [0.1, 0.15) is 0 Å². The molecular weight excluding hydrogens is 292 g/mol. The van der Waals surface area contributed by atoms with E-state index in [-0.39, 0.29) is 10.3 Å². The topological polar surface area (TPSA) is 92.2 Å². The van der Waals surface area contributed by atoms with Crippen LogP contribution in [0.1, 0.15) is 23.2 Å². The first kappa shape index (κ1) is 13.9. The average Bonchev–Trinajstić information content (AvgIpc) is 3.24. The van der Waals surface area contributed by atoms with Crippen LogP contribution < -0.4 is 11.1 Å². The summed E-state index contributed by atoms with van der Waals surface area (Å²) in [4.78, 5) is 37.5. The molecule has 0 aliphatic heterocycles. The van der Waals surface area contributed by atoms with Crippen LogP contribution in [0.5, 0.6) is 0 Å². The highest BCUT2D eigenvalue weighted by Gasteiger charge is 2.42. The van der Waals surface area contributed by atoms with Gasteiger partial charge in [-0.2, -0.15) is 11.8 Å². The van der Waals surface area contributed by atoms with Crippen LogP contribution in [0.2, 0.25) is 0 Å². The normalized spacial score (nSPS) is 16.0. The second kappa shape index (κ2) is 4.77. The van der Waals surface area contributed by atoms with Gasteiger partial charge in [0.2, 0.25) is 0 Å². The predicted molar refractivity (Wildman–Crippen MR) is 81.3 cm³/mol. The van der Waals surface area contributed by atoms with Crippen molar-refractivity contribution in [2.45, 2.75) is 24.1 Å². The van der Waals surface area contributed by atoms with Crippen LogP contribution in [0, 0.1) is 0 Å². The summed E-state index contributed by atoms with van der Waals surface area (Å²) in [6, 6.07) is 4.37. The number of nitrogens with one attached hydrogen (secondary N) is 1. The molecule has 21 heavy (non-hydrogen) atoms. The van der Waals surface area contributed by atoms with E-state index < -0.39 is 17.1 Å². The van der Waals surface area contributed by atoms with E-state index >= 15 is 0 Å². The number of fused-ring (bicyclic) bond motifs is 1. The molecule has 7 heteroatoms. The minimum Gasteiger partial charge on any atom is -0.478 e. The molecule has 0 atom stereocenters. The summed E-state index contributed by atoms with van der Waals surface area (Å²) < 4.78 is 1.40. The summed E-state index contributed by atoms with van der Waals surface area (Å²) >= 11 is 1.68. The van der Waals surface area contributed by atoms with Gasteiger partial charge in [0.05, 0.1) is 16.6 Å². The van der Waals surface area contributed by atoms with E-state index in [1.807, 2.05) is 6.26 Å². The number of H-pyrrole nitrogens is 1. The van der Waals surface area contributed by atoms with Crippen molar-refractivity contribution >= 4 is 28.8 Å². The van der Waals surface area contributed by atoms with Crippen molar-refractivity contribution in [2.75, 3.05) is 6.26 Å². The van der Waals surface area contributed by atoms with Gasteiger partial charge in [-0.1, -0.05) is 0 Å². The molecule has 1 saturated carbocycles. The molecule has 0 radical (unpaired) electrons. The highest BCUT2D eigenvalue weighted by atomic mass is 32.2. The zero-order valence-electron chi connectivity index (χ0n) is 11.4. The predicted octanol–water partition coefficient (Wildman–Crippen LogP) is 1.28. The van der Waals surface area contributed by atoms with E-state index in [0.717, 1.165) is 12.8 Å². The Balaban J connectivity index is 2.25. The smallest absolute Gasteiger partial charge is 0.335 e. The largest absolute Gasteiger partial charge is 0.478 e. The number of hydrogen-bond acceptors (Lipinski definition) is 4. The van der Waals surface area contributed by atoms with Crippen LogP contribution >= 0.6 is 11.8 Å². The Labute approximate surface area is 123 Å². The van der Waals surface area contributed by atoms with Crippen LogP contribution in [0.4, 0.5) is 0 Å². The number of rotatable bonds is 4. The zero-order valence-corrected chi connectivity index (χ0v) is 12.2. The number of aromatic carboxylic acids is 1. The molecule has 1 aromatic carbocycles. The van der Waals surface area contributed by atoms with Gasteiger partial charge in [-0.15, -0.1) is 0 Å². The molecule has 2 N–H and O–H groups in total. The van der Waals surface area contributed by atoms with Gasteiger partial charge < -0.3 is 14.7 Å². The molecule has 0 spiro atoms. The Morgan fingerprint density at radius 2 is 2.14 bits per heavy atom. The number of carboxylic acid groups (broad SMARTS) is 1. The first-order valence-corrected chi connectivity index (χ1v) is 7.74. The van der Waals surface area contributed by atoms with E-state index in [9.17, 15) is 14.4 Å². The number of aromatic amines is 1. The lowest BCUT2D eigenvalue weighted by Gasteiger charge is -2.16. The van der Waals surface area contributed by atoms with E-state index in [0.29, 0.717) is 17.6 Å². The van der Waals surface area contributed by atoms with E-state index in [4.69, 9.17) is 5.11 Å². The summed E-state index contributed by atoms with van der Waals surface area (Å²) in [6.07, 6.45) is 3.97. The van der Waals surface area contributed by atoms with Gasteiger partial charge in [-0.3, -0.25) is 9.59 Å². The Morgan fingerprint density at radius 1 is 1.43 bits per heavy atom. The van der Waals surface area contributed by atoms with E-state index in [1.165, 1.54) is 22.8 Å². The van der Waals surface area contributed by atoms with Gasteiger partial charge in [0, 0.05) is 11.3 Å². The first-order valence-electron chi connectivity index (χ1n) is 6.51. The van der Waals surface area contributed by atoms with Gasteiger partial charge >= 0.3 is 17.1 Å². The third-order valence-electron chi connectivity index (χ3n) is 3.91. The minimum atomic E-state index is -1.06. The molecule has 1 fully saturated rings. The Kier molecular flexibility index (Phi) is 3.16. The molecular formula is C14H14N2O4S. The summed E-state index contributed by atoms with van der Waals surface area (Å²) in [6.45, 7) is 0.427. The lowest BCUT2D eigenvalue weighted by atomic mass is 10.2. The van der Waals surface area contributed by atoms with E-state index in [2.05, 4.69) is 4.98 Å². The first-order chi connectivity index (χ1) is 9.96. The second-order valence-corrected chi connectivity index (χ2v) is 6.54. The highest BCUT2D eigenvalue weighted by Crippen LogP contribution is 2.48. The number of aromatic nitrogens is 2. The maximum atomic E-state index is 12.1. The van der Waals surface area contributed by atoms with Crippen molar-refractivity contribution in [3.63, 3.8) is 0 Å². The fourth-order valence-corrected chi connectivity index (χ4v) is 3.18. The Morgan fingerprint density at radius 3 is 2.71 bits per heavy atom. The lowest BCUT2D eigenvalue weighted by molar-refractivity contribution is 0.0697. The Hall–Kier alpha value is -2.02. The Bertz CT molecular complexity index is 848. The van der Waals surface area contributed by atoms with Crippen LogP contribution in [0.15, 0.2) is 27.8 Å². The van der Waals surface area contributed by atoms with Crippen molar-refractivity contribution < 1.29 is 9.90 Å². The summed E-state index contributed by atoms with van der Waals surface area (Å²) in [7, 11) is 0. The van der Waals surface area contributed by atoms with Crippen LogP contribution in [0.3, 0.4) is 0 Å². The summed E-state index contributed by atoms with van der Waals surface area (Å²) in [5, 5.41) is 9.09. The molecule has 3 rings (SSSR count). The number of benzene rings is 1. The molecule has 6 nitrogen and oxygen atoms in total. The molecule has 1 aliphatic rings. The molecule has 1 aromatic heterocycles. The summed E-state index contributed by atoms with van der Waals surface area (Å²) in [5.41, 5.74) is -0.286. The lowest BCUT2D eigenvalue weighted by Crippen LogP contribution is -2.38. The van der Waals surface area contributed by atoms with Crippen molar-refractivity contribution in [3.05, 3.63) is 44.5 Å². The number of carboxylic acids is 1. The quantitative estimate of drug-likeness (QED) is 0.830. The third-order valence-corrected chi connectivity index (χ3v) is 5.31. The molecule has 1 heterocycles. The monoisotopic (exact) mass is 306 g/mol. The fourth-order valence-electron chi connectivity index (χ4n) is 2.41. The molecule has 0 saturated heterocycles. The van der Waals surface area contributed by atoms with Gasteiger partial charge in [0.15, 0.2) is 0 Å². The molecule has 1 aliphatic carbocycles.